The van der Waals surface area contributed by atoms with Crippen LogP contribution in [0.3, 0.4) is 0 Å². The minimum Gasteiger partial charge on any atom is -0.468 e. The molecule has 14 heavy (non-hydrogen) atoms. The summed E-state index contributed by atoms with van der Waals surface area (Å²) in [5.41, 5.74) is -0.831. The molecule has 0 spiro atoms. The third-order valence-corrected chi connectivity index (χ3v) is 1.35. The Labute approximate surface area is 76.4 Å². The molecule has 9 heteroatoms. The molecule has 1 aromatic heterocycles. The highest BCUT2D eigenvalue weighted by Gasteiger charge is 2.17. The number of aromatic amines is 1. The van der Waals surface area contributed by atoms with Gasteiger partial charge in [0.1, 0.15) is 0 Å². The lowest BCUT2D eigenvalue weighted by atomic mass is 10.7. The number of ether oxygens (including phenoxy) is 1. The van der Waals surface area contributed by atoms with E-state index >= 15 is 0 Å². The Morgan fingerprint density at radius 2 is 2.43 bits per heavy atom. The van der Waals surface area contributed by atoms with Crippen molar-refractivity contribution >= 4 is 11.9 Å². The lowest BCUT2D eigenvalue weighted by Crippen LogP contribution is -2.23. The van der Waals surface area contributed by atoms with Crippen molar-refractivity contribution in [3.05, 3.63) is 20.6 Å². The molecule has 1 aromatic rings. The average Bonchev–Trinajstić information content (AvgIpc) is 2.48. The van der Waals surface area contributed by atoms with E-state index < -0.39 is 29.1 Å². The minimum atomic E-state index is -0.866. The average molecular weight is 202 g/mol. The second-order valence-electron chi connectivity index (χ2n) is 2.24. The first-order valence-corrected chi connectivity index (χ1v) is 3.43. The molecule has 1 rings (SSSR count). The van der Waals surface area contributed by atoms with Gasteiger partial charge in [0.25, 0.3) is 0 Å². The molecule has 0 aromatic carbocycles. The van der Waals surface area contributed by atoms with Crippen molar-refractivity contribution in [3.8, 4) is 0 Å². The number of hydrogen-bond donors (Lipinski definition) is 1. The Morgan fingerprint density at radius 1 is 1.79 bits per heavy atom. The van der Waals surface area contributed by atoms with Gasteiger partial charge in [-0.05, 0) is 4.92 Å². The van der Waals surface area contributed by atoms with Crippen molar-refractivity contribution in [2.45, 2.75) is 6.54 Å². The van der Waals surface area contributed by atoms with E-state index in [0.29, 0.717) is 4.68 Å². The molecule has 0 radical (unpaired) electrons. The molecule has 1 N–H and O–H groups in total. The van der Waals surface area contributed by atoms with Gasteiger partial charge in [-0.3, -0.25) is 4.79 Å². The normalized spacial score (nSPS) is 9.79. The van der Waals surface area contributed by atoms with Crippen LogP contribution < -0.4 is 5.69 Å². The zero-order chi connectivity index (χ0) is 10.7. The van der Waals surface area contributed by atoms with Crippen molar-refractivity contribution < 1.29 is 14.5 Å². The second kappa shape index (κ2) is 3.68. The summed E-state index contributed by atoms with van der Waals surface area (Å²) in [6.45, 7) is -0.459. The van der Waals surface area contributed by atoms with Crippen LogP contribution in [0.2, 0.25) is 0 Å². The predicted octanol–water partition coefficient (Wildman–Crippen LogP) is -1.35. The summed E-state index contributed by atoms with van der Waals surface area (Å²) in [4.78, 5) is 32.8. The number of hydrogen-bond acceptors (Lipinski definition) is 6. The van der Waals surface area contributed by atoms with E-state index in [0.717, 1.165) is 7.11 Å². The molecular formula is C5H6N4O5. The summed E-state index contributed by atoms with van der Waals surface area (Å²) in [6.07, 6.45) is 0. The summed E-state index contributed by atoms with van der Waals surface area (Å²) in [5, 5.41) is 13.4. The van der Waals surface area contributed by atoms with Gasteiger partial charge in [-0.1, -0.05) is 0 Å². The van der Waals surface area contributed by atoms with Crippen LogP contribution in [-0.4, -0.2) is 32.8 Å². The van der Waals surface area contributed by atoms with Crippen LogP contribution in [0.4, 0.5) is 5.95 Å². The molecule has 0 amide bonds. The molecule has 0 bridgehead atoms. The van der Waals surface area contributed by atoms with Crippen LogP contribution in [-0.2, 0) is 16.1 Å². The summed E-state index contributed by atoms with van der Waals surface area (Å²) in [5.74, 6) is -1.42. The fourth-order valence-corrected chi connectivity index (χ4v) is 0.721. The maximum absolute atomic E-state index is 10.9. The molecule has 0 saturated heterocycles. The first-order valence-electron chi connectivity index (χ1n) is 3.43. The van der Waals surface area contributed by atoms with Gasteiger partial charge in [0.05, 0.1) is 7.11 Å². The van der Waals surface area contributed by atoms with Crippen molar-refractivity contribution in [3.63, 3.8) is 0 Å². The van der Waals surface area contributed by atoms with Gasteiger partial charge >= 0.3 is 17.6 Å². The van der Waals surface area contributed by atoms with Crippen LogP contribution in [0.5, 0.6) is 0 Å². The molecule has 0 atom stereocenters. The second-order valence-corrected chi connectivity index (χ2v) is 2.24. The number of nitro groups is 1. The number of H-pyrrole nitrogens is 1. The van der Waals surface area contributed by atoms with Crippen molar-refractivity contribution in [1.82, 2.24) is 14.8 Å². The summed E-state index contributed by atoms with van der Waals surface area (Å²) in [7, 11) is 1.13. The molecule has 0 aliphatic heterocycles. The van der Waals surface area contributed by atoms with E-state index in [1.54, 1.807) is 0 Å². The largest absolute Gasteiger partial charge is 0.468 e. The van der Waals surface area contributed by atoms with Gasteiger partial charge in [0.15, 0.2) is 6.54 Å². The zero-order valence-electron chi connectivity index (χ0n) is 7.09. The number of aromatic nitrogens is 3. The summed E-state index contributed by atoms with van der Waals surface area (Å²) >= 11 is 0. The van der Waals surface area contributed by atoms with Gasteiger partial charge < -0.3 is 14.9 Å². The monoisotopic (exact) mass is 202 g/mol. The van der Waals surface area contributed by atoms with E-state index in [-0.39, 0.29) is 0 Å². The highest BCUT2D eigenvalue weighted by atomic mass is 16.6. The maximum atomic E-state index is 10.9. The molecule has 0 aliphatic rings. The van der Waals surface area contributed by atoms with Crippen LogP contribution in [0.25, 0.3) is 0 Å². The topological polar surface area (TPSA) is 120 Å². The van der Waals surface area contributed by atoms with Gasteiger partial charge in [-0.2, -0.15) is 4.98 Å². The zero-order valence-corrected chi connectivity index (χ0v) is 7.09. The van der Waals surface area contributed by atoms with Crippen molar-refractivity contribution in [2.75, 3.05) is 7.11 Å². The van der Waals surface area contributed by atoms with Crippen LogP contribution in [0.1, 0.15) is 0 Å². The highest BCUT2D eigenvalue weighted by Crippen LogP contribution is 1.95. The fraction of sp³-hybridized carbons (Fsp3) is 0.400. The summed E-state index contributed by atoms with van der Waals surface area (Å²) in [6, 6.07) is 0. The first-order chi connectivity index (χ1) is 6.54. The van der Waals surface area contributed by atoms with E-state index in [4.69, 9.17) is 0 Å². The minimum absolute atomic E-state index is 0.459. The molecule has 9 nitrogen and oxygen atoms in total. The molecule has 0 unspecified atom stereocenters. The Bertz CT molecular complexity index is 418. The number of esters is 1. The lowest BCUT2D eigenvalue weighted by Gasteiger charge is -1.92. The number of carbonyl (C=O) groups excluding carboxylic acids is 1. The quantitative estimate of drug-likeness (QED) is 0.367. The molecular weight excluding hydrogens is 196 g/mol. The molecule has 0 fully saturated rings. The SMILES string of the molecule is COC(=O)Cn1nc([N+](=O)[O-])[nH]c1=O. The smallest absolute Gasteiger partial charge is 0.457 e. The van der Waals surface area contributed by atoms with Crippen LogP contribution in [0.15, 0.2) is 4.79 Å². The fourth-order valence-electron chi connectivity index (χ4n) is 0.721. The van der Waals surface area contributed by atoms with Crippen molar-refractivity contribution in [1.29, 1.82) is 0 Å². The maximum Gasteiger partial charge on any atom is 0.457 e. The highest BCUT2D eigenvalue weighted by molar-refractivity contribution is 5.68. The van der Waals surface area contributed by atoms with Crippen LogP contribution in [0, 0.1) is 10.1 Å². The van der Waals surface area contributed by atoms with E-state index in [1.807, 2.05) is 4.98 Å². The van der Waals surface area contributed by atoms with E-state index in [2.05, 4.69) is 9.84 Å². The third-order valence-electron chi connectivity index (χ3n) is 1.35. The van der Waals surface area contributed by atoms with E-state index in [9.17, 15) is 19.7 Å². The predicted molar refractivity (Wildman–Crippen MR) is 41.5 cm³/mol. The summed E-state index contributed by atoms with van der Waals surface area (Å²) < 4.78 is 4.87. The number of nitrogens with zero attached hydrogens (tertiary/aromatic N) is 3. The van der Waals surface area contributed by atoms with Gasteiger partial charge in [-0.25, -0.2) is 4.79 Å². The Morgan fingerprint density at radius 3 is 2.86 bits per heavy atom. The van der Waals surface area contributed by atoms with Crippen LogP contribution >= 0.6 is 0 Å². The molecule has 0 saturated carbocycles. The van der Waals surface area contributed by atoms with Gasteiger partial charge in [0, 0.05) is 5.10 Å². The third kappa shape index (κ3) is 1.94. The Hall–Kier alpha value is -2.19. The molecule has 0 aliphatic carbocycles. The van der Waals surface area contributed by atoms with Gasteiger partial charge in [0.2, 0.25) is 0 Å². The standard InChI is InChI=1S/C5H6N4O5/c1-14-3(10)2-8-5(11)6-4(7-8)9(12)13/h2H2,1H3,(H,6,7,11). The Kier molecular flexibility index (Phi) is 2.60. The van der Waals surface area contributed by atoms with Crippen molar-refractivity contribution in [2.24, 2.45) is 0 Å². The molecule has 1 heterocycles. The van der Waals surface area contributed by atoms with Gasteiger partial charge in [-0.15, -0.1) is 4.68 Å². The number of rotatable bonds is 3. The number of nitrogens with one attached hydrogen (secondary N) is 1. The number of methoxy groups -OCH3 is 1. The first kappa shape index (κ1) is 9.89. The molecule has 76 valence electrons. The van der Waals surface area contributed by atoms with E-state index in [1.165, 1.54) is 0 Å². The lowest BCUT2D eigenvalue weighted by molar-refractivity contribution is -0.394. The number of carbonyl (C=O) groups is 1. The Balaban J connectivity index is 2.94.